The first-order chi connectivity index (χ1) is 9.63. The van der Waals surface area contributed by atoms with Crippen molar-refractivity contribution in [2.75, 3.05) is 13.2 Å². The molecule has 0 bridgehead atoms. The van der Waals surface area contributed by atoms with Gasteiger partial charge in [0, 0.05) is 11.1 Å². The zero-order valence-corrected chi connectivity index (χ0v) is 14.1. The minimum absolute atomic E-state index is 0.0797. The molecule has 0 fully saturated rings. The highest BCUT2D eigenvalue weighted by molar-refractivity contribution is 6.33. The summed E-state index contributed by atoms with van der Waals surface area (Å²) in [4.78, 5) is 0. The highest BCUT2D eigenvalue weighted by Crippen LogP contribution is 2.39. The van der Waals surface area contributed by atoms with E-state index in [2.05, 4.69) is 6.92 Å². The molecular formula is C16H24Cl2O2. The van der Waals surface area contributed by atoms with Gasteiger partial charge in [-0.15, -0.1) is 11.6 Å². The second kappa shape index (κ2) is 9.36. The van der Waals surface area contributed by atoms with Crippen molar-refractivity contribution in [2.24, 2.45) is 0 Å². The third-order valence-electron chi connectivity index (χ3n) is 3.06. The van der Waals surface area contributed by atoms with Gasteiger partial charge in [0.1, 0.15) is 0 Å². The van der Waals surface area contributed by atoms with Crippen LogP contribution in [0, 0.1) is 0 Å². The van der Waals surface area contributed by atoms with E-state index < -0.39 is 0 Å². The van der Waals surface area contributed by atoms with Crippen molar-refractivity contribution in [3.8, 4) is 11.5 Å². The Hall–Kier alpha value is -0.600. The molecule has 0 saturated heterocycles. The zero-order valence-electron chi connectivity index (χ0n) is 12.5. The molecule has 0 heterocycles. The van der Waals surface area contributed by atoms with Crippen molar-refractivity contribution < 1.29 is 9.47 Å². The molecular weight excluding hydrogens is 295 g/mol. The van der Waals surface area contributed by atoms with E-state index in [1.807, 2.05) is 19.9 Å². The second-order valence-electron chi connectivity index (χ2n) is 4.65. The number of benzene rings is 1. The summed E-state index contributed by atoms with van der Waals surface area (Å²) in [5.41, 5.74) is 0.927. The second-order valence-corrected chi connectivity index (χ2v) is 5.58. The van der Waals surface area contributed by atoms with Gasteiger partial charge in [-0.05, 0) is 31.9 Å². The quantitative estimate of drug-likeness (QED) is 0.410. The van der Waals surface area contributed by atoms with E-state index in [9.17, 15) is 0 Å². The van der Waals surface area contributed by atoms with Crippen LogP contribution in [0.15, 0.2) is 12.1 Å². The van der Waals surface area contributed by atoms with E-state index in [1.54, 1.807) is 6.07 Å². The predicted octanol–water partition coefficient (Wildman–Crippen LogP) is 6.00. The summed E-state index contributed by atoms with van der Waals surface area (Å²) >= 11 is 12.8. The Morgan fingerprint density at radius 2 is 1.60 bits per heavy atom. The zero-order chi connectivity index (χ0) is 15.0. The van der Waals surface area contributed by atoms with Gasteiger partial charge >= 0.3 is 0 Å². The molecule has 0 aliphatic heterocycles. The van der Waals surface area contributed by atoms with Crippen LogP contribution >= 0.6 is 23.2 Å². The van der Waals surface area contributed by atoms with Crippen LogP contribution in [-0.4, -0.2) is 13.2 Å². The molecule has 4 heteroatoms. The number of hydrogen-bond donors (Lipinski definition) is 0. The molecule has 0 aliphatic rings. The number of ether oxygens (including phenoxy) is 2. The summed E-state index contributed by atoms with van der Waals surface area (Å²) in [5.74, 6) is 1.40. The van der Waals surface area contributed by atoms with Crippen molar-refractivity contribution in [3.05, 3.63) is 22.7 Å². The number of halogens is 2. The van der Waals surface area contributed by atoms with Crippen molar-refractivity contribution in [1.82, 2.24) is 0 Å². The summed E-state index contributed by atoms with van der Waals surface area (Å²) in [6.45, 7) is 7.23. The van der Waals surface area contributed by atoms with Crippen LogP contribution in [-0.2, 0) is 0 Å². The first kappa shape index (κ1) is 17.5. The maximum absolute atomic E-state index is 6.47. The van der Waals surface area contributed by atoms with Gasteiger partial charge < -0.3 is 9.47 Å². The number of unbranched alkanes of at least 4 members (excludes halogenated alkanes) is 2. The monoisotopic (exact) mass is 318 g/mol. The Balaban J connectivity index is 2.92. The lowest BCUT2D eigenvalue weighted by Crippen LogP contribution is -2.01. The van der Waals surface area contributed by atoms with Gasteiger partial charge in [0.15, 0.2) is 11.5 Å². The van der Waals surface area contributed by atoms with Crippen LogP contribution in [0.2, 0.25) is 5.02 Å². The van der Waals surface area contributed by atoms with Gasteiger partial charge in [0.2, 0.25) is 0 Å². The SMILES string of the molecule is CCCCCC(Cl)c1cc(OCC)c(OCC)cc1Cl. The van der Waals surface area contributed by atoms with E-state index in [-0.39, 0.29) is 5.38 Å². The van der Waals surface area contributed by atoms with E-state index in [0.717, 1.165) is 24.2 Å². The average Bonchev–Trinajstić information content (AvgIpc) is 2.42. The van der Waals surface area contributed by atoms with Crippen molar-refractivity contribution in [3.63, 3.8) is 0 Å². The summed E-state index contributed by atoms with van der Waals surface area (Å²) in [6.07, 6.45) is 4.41. The lowest BCUT2D eigenvalue weighted by Gasteiger charge is -2.17. The summed E-state index contributed by atoms with van der Waals surface area (Å²) in [6, 6.07) is 3.72. The largest absolute Gasteiger partial charge is 0.490 e. The molecule has 1 rings (SSSR count). The van der Waals surface area contributed by atoms with Gasteiger partial charge in [0.05, 0.1) is 18.6 Å². The maximum Gasteiger partial charge on any atom is 0.162 e. The van der Waals surface area contributed by atoms with Gasteiger partial charge in [-0.3, -0.25) is 0 Å². The number of hydrogen-bond acceptors (Lipinski definition) is 2. The molecule has 1 aromatic rings. The molecule has 0 spiro atoms. The lowest BCUT2D eigenvalue weighted by molar-refractivity contribution is 0.287. The molecule has 0 aliphatic carbocycles. The Labute approximate surface area is 132 Å². The number of rotatable bonds is 9. The van der Waals surface area contributed by atoms with Gasteiger partial charge in [0.25, 0.3) is 0 Å². The van der Waals surface area contributed by atoms with Crippen LogP contribution in [0.4, 0.5) is 0 Å². The molecule has 0 aromatic heterocycles. The maximum atomic E-state index is 6.47. The standard InChI is InChI=1S/C16H24Cl2O2/c1-4-7-8-9-13(17)12-10-15(19-5-2)16(20-6-3)11-14(12)18/h10-11,13H,4-9H2,1-3H3. The average molecular weight is 319 g/mol. The summed E-state index contributed by atoms with van der Waals surface area (Å²) < 4.78 is 11.2. The minimum Gasteiger partial charge on any atom is -0.490 e. The van der Waals surface area contributed by atoms with Crippen LogP contribution in [0.25, 0.3) is 0 Å². The Kier molecular flexibility index (Phi) is 8.16. The lowest BCUT2D eigenvalue weighted by atomic mass is 10.0. The molecule has 114 valence electrons. The Morgan fingerprint density at radius 3 is 2.15 bits per heavy atom. The van der Waals surface area contributed by atoms with Crippen molar-refractivity contribution in [2.45, 2.75) is 51.8 Å². The van der Waals surface area contributed by atoms with E-state index in [1.165, 1.54) is 12.8 Å². The third-order valence-corrected chi connectivity index (χ3v) is 3.84. The highest BCUT2D eigenvalue weighted by Gasteiger charge is 2.16. The molecule has 0 saturated carbocycles. The van der Waals surface area contributed by atoms with Crippen LogP contribution in [0.3, 0.4) is 0 Å². The topological polar surface area (TPSA) is 18.5 Å². The molecule has 0 radical (unpaired) electrons. The van der Waals surface area contributed by atoms with E-state index in [0.29, 0.717) is 24.0 Å². The van der Waals surface area contributed by atoms with Gasteiger partial charge in [-0.1, -0.05) is 37.8 Å². The molecule has 1 atom stereocenters. The van der Waals surface area contributed by atoms with Gasteiger partial charge in [-0.2, -0.15) is 0 Å². The normalized spacial score (nSPS) is 12.2. The molecule has 2 nitrogen and oxygen atoms in total. The third kappa shape index (κ3) is 5.06. The molecule has 0 N–H and O–H groups in total. The Bertz CT molecular complexity index is 408. The van der Waals surface area contributed by atoms with Crippen LogP contribution < -0.4 is 9.47 Å². The molecule has 20 heavy (non-hydrogen) atoms. The fraction of sp³-hybridized carbons (Fsp3) is 0.625. The smallest absolute Gasteiger partial charge is 0.162 e. The van der Waals surface area contributed by atoms with Crippen molar-refractivity contribution >= 4 is 23.2 Å². The number of alkyl halides is 1. The fourth-order valence-electron chi connectivity index (χ4n) is 2.06. The predicted molar refractivity (Wildman–Crippen MR) is 86.5 cm³/mol. The molecule has 1 unspecified atom stereocenters. The first-order valence-corrected chi connectivity index (χ1v) is 8.18. The molecule has 1 aromatic carbocycles. The molecule has 0 amide bonds. The minimum atomic E-state index is -0.0797. The summed E-state index contributed by atoms with van der Waals surface area (Å²) in [7, 11) is 0. The summed E-state index contributed by atoms with van der Waals surface area (Å²) in [5, 5.41) is 0.567. The van der Waals surface area contributed by atoms with Crippen LogP contribution in [0.1, 0.15) is 57.4 Å². The first-order valence-electron chi connectivity index (χ1n) is 7.37. The highest BCUT2D eigenvalue weighted by atomic mass is 35.5. The van der Waals surface area contributed by atoms with Crippen molar-refractivity contribution in [1.29, 1.82) is 0 Å². The van der Waals surface area contributed by atoms with Gasteiger partial charge in [-0.25, -0.2) is 0 Å². The van der Waals surface area contributed by atoms with Crippen LogP contribution in [0.5, 0.6) is 11.5 Å². The van der Waals surface area contributed by atoms with E-state index in [4.69, 9.17) is 32.7 Å². The van der Waals surface area contributed by atoms with E-state index >= 15 is 0 Å². The Morgan fingerprint density at radius 1 is 1.00 bits per heavy atom. The fourth-order valence-corrected chi connectivity index (χ4v) is 2.73.